The van der Waals surface area contributed by atoms with E-state index in [0.717, 1.165) is 30.3 Å². The number of nitrogens with two attached hydrogens (primary N) is 1. The number of benzene rings is 1. The van der Waals surface area contributed by atoms with Crippen molar-refractivity contribution in [2.24, 2.45) is 11.7 Å². The van der Waals surface area contributed by atoms with Gasteiger partial charge in [0.15, 0.2) is 0 Å². The molecule has 106 valence electrons. The monoisotopic (exact) mass is 271 g/mol. The third kappa shape index (κ3) is 2.31. The van der Waals surface area contributed by atoms with Gasteiger partial charge in [0, 0.05) is 23.5 Å². The number of nitrogens with one attached hydrogen (secondary N) is 1. The molecule has 1 aliphatic rings. The Hall–Kier alpha value is -1.81. The highest BCUT2D eigenvalue weighted by Gasteiger charge is 2.29. The van der Waals surface area contributed by atoms with Crippen molar-refractivity contribution in [3.63, 3.8) is 0 Å². The predicted octanol–water partition coefficient (Wildman–Crippen LogP) is 2.37. The first-order valence-corrected chi connectivity index (χ1v) is 7.28. The number of carbonyl (C=O) groups is 1. The van der Waals surface area contributed by atoms with Gasteiger partial charge in [0.25, 0.3) is 5.91 Å². The molecule has 0 saturated carbocycles. The van der Waals surface area contributed by atoms with Crippen LogP contribution >= 0.6 is 0 Å². The Morgan fingerprint density at radius 1 is 1.40 bits per heavy atom. The van der Waals surface area contributed by atoms with Crippen LogP contribution in [-0.4, -0.2) is 34.9 Å². The summed E-state index contributed by atoms with van der Waals surface area (Å²) in [5.74, 6) is 0.520. The average Bonchev–Trinajstić information content (AvgIpc) is 2.91. The lowest BCUT2D eigenvalue weighted by Crippen LogP contribution is -2.47. The first kappa shape index (κ1) is 13.2. The van der Waals surface area contributed by atoms with E-state index in [1.165, 1.54) is 0 Å². The Bertz CT molecular complexity index is 586. The van der Waals surface area contributed by atoms with Crippen molar-refractivity contribution >= 4 is 16.8 Å². The zero-order valence-corrected chi connectivity index (χ0v) is 11.8. The van der Waals surface area contributed by atoms with Crippen LogP contribution in [-0.2, 0) is 0 Å². The molecule has 1 amide bonds. The standard InChI is InChI=1S/C16H21N3O/c1-11-6-7-12(9-17)10-19(11)16(20)15-8-13-4-2-3-5-14(13)18-15/h2-5,8,11-12,18H,6-7,9-10,17H2,1H3. The van der Waals surface area contributed by atoms with E-state index in [0.29, 0.717) is 18.2 Å². The molecule has 1 aromatic heterocycles. The molecule has 2 aromatic rings. The molecular formula is C16H21N3O. The molecule has 0 aliphatic carbocycles. The fourth-order valence-electron chi connectivity index (χ4n) is 3.00. The molecule has 0 bridgehead atoms. The van der Waals surface area contributed by atoms with Crippen LogP contribution in [0.2, 0.25) is 0 Å². The Morgan fingerprint density at radius 3 is 2.95 bits per heavy atom. The van der Waals surface area contributed by atoms with E-state index in [4.69, 9.17) is 5.73 Å². The third-order valence-corrected chi connectivity index (χ3v) is 4.33. The van der Waals surface area contributed by atoms with Crippen LogP contribution in [0.5, 0.6) is 0 Å². The SMILES string of the molecule is CC1CCC(CN)CN1C(=O)c1cc2ccccc2[nH]1. The molecule has 1 saturated heterocycles. The van der Waals surface area contributed by atoms with Crippen molar-refractivity contribution in [3.05, 3.63) is 36.0 Å². The Labute approximate surface area is 118 Å². The lowest BCUT2D eigenvalue weighted by Gasteiger charge is -2.37. The number of H-pyrrole nitrogens is 1. The van der Waals surface area contributed by atoms with Crippen LogP contribution in [0.3, 0.4) is 0 Å². The second kappa shape index (κ2) is 5.29. The number of rotatable bonds is 2. The zero-order chi connectivity index (χ0) is 14.1. The van der Waals surface area contributed by atoms with E-state index in [1.54, 1.807) is 0 Å². The van der Waals surface area contributed by atoms with Gasteiger partial charge in [-0.05, 0) is 44.4 Å². The Morgan fingerprint density at radius 2 is 2.20 bits per heavy atom. The first-order valence-electron chi connectivity index (χ1n) is 7.28. The fraction of sp³-hybridized carbons (Fsp3) is 0.438. The maximum atomic E-state index is 12.7. The quantitative estimate of drug-likeness (QED) is 0.881. The van der Waals surface area contributed by atoms with Crippen molar-refractivity contribution in [2.45, 2.75) is 25.8 Å². The maximum Gasteiger partial charge on any atom is 0.270 e. The molecule has 0 radical (unpaired) electrons. The van der Waals surface area contributed by atoms with Gasteiger partial charge in [-0.15, -0.1) is 0 Å². The second-order valence-corrected chi connectivity index (χ2v) is 5.76. The van der Waals surface area contributed by atoms with Gasteiger partial charge in [0.2, 0.25) is 0 Å². The molecule has 20 heavy (non-hydrogen) atoms. The molecule has 2 heterocycles. The summed E-state index contributed by atoms with van der Waals surface area (Å²) >= 11 is 0. The summed E-state index contributed by atoms with van der Waals surface area (Å²) in [7, 11) is 0. The summed E-state index contributed by atoms with van der Waals surface area (Å²) in [4.78, 5) is 17.9. The maximum absolute atomic E-state index is 12.7. The van der Waals surface area contributed by atoms with Crippen LogP contribution in [0.25, 0.3) is 10.9 Å². The lowest BCUT2D eigenvalue weighted by atomic mass is 9.93. The Balaban J connectivity index is 1.86. The molecule has 4 heteroatoms. The van der Waals surface area contributed by atoms with Crippen LogP contribution in [0.4, 0.5) is 0 Å². The van der Waals surface area contributed by atoms with Gasteiger partial charge in [-0.3, -0.25) is 4.79 Å². The molecule has 1 aliphatic heterocycles. The van der Waals surface area contributed by atoms with E-state index in [9.17, 15) is 4.79 Å². The number of amides is 1. The number of hydrogen-bond acceptors (Lipinski definition) is 2. The highest BCUT2D eigenvalue weighted by Crippen LogP contribution is 2.24. The Kier molecular flexibility index (Phi) is 3.49. The fourth-order valence-corrected chi connectivity index (χ4v) is 3.00. The first-order chi connectivity index (χ1) is 9.69. The van der Waals surface area contributed by atoms with Gasteiger partial charge in [-0.25, -0.2) is 0 Å². The van der Waals surface area contributed by atoms with Crippen molar-refractivity contribution in [1.82, 2.24) is 9.88 Å². The van der Waals surface area contributed by atoms with Crippen LogP contribution in [0.1, 0.15) is 30.3 Å². The summed E-state index contributed by atoms with van der Waals surface area (Å²) in [6, 6.07) is 10.2. The molecular weight excluding hydrogens is 250 g/mol. The number of aromatic amines is 1. The van der Waals surface area contributed by atoms with Gasteiger partial charge < -0.3 is 15.6 Å². The number of likely N-dealkylation sites (tertiary alicyclic amines) is 1. The number of aromatic nitrogens is 1. The number of piperidine rings is 1. The van der Waals surface area contributed by atoms with Gasteiger partial charge in [0.1, 0.15) is 5.69 Å². The molecule has 0 spiro atoms. The smallest absolute Gasteiger partial charge is 0.270 e. The van der Waals surface area contributed by atoms with Gasteiger partial charge in [-0.1, -0.05) is 18.2 Å². The van der Waals surface area contributed by atoms with E-state index >= 15 is 0 Å². The van der Waals surface area contributed by atoms with E-state index in [1.807, 2.05) is 35.2 Å². The molecule has 2 atom stereocenters. The summed E-state index contributed by atoms with van der Waals surface area (Å²) in [6.45, 7) is 3.54. The minimum Gasteiger partial charge on any atom is -0.351 e. The van der Waals surface area contributed by atoms with E-state index in [-0.39, 0.29) is 11.9 Å². The molecule has 1 fully saturated rings. The van der Waals surface area contributed by atoms with Crippen LogP contribution in [0, 0.1) is 5.92 Å². The predicted molar refractivity (Wildman–Crippen MR) is 80.6 cm³/mol. The lowest BCUT2D eigenvalue weighted by molar-refractivity contribution is 0.0562. The normalized spacial score (nSPS) is 23.2. The molecule has 4 nitrogen and oxygen atoms in total. The van der Waals surface area contributed by atoms with Gasteiger partial charge >= 0.3 is 0 Å². The van der Waals surface area contributed by atoms with E-state index < -0.39 is 0 Å². The highest BCUT2D eigenvalue weighted by molar-refractivity contribution is 5.98. The second-order valence-electron chi connectivity index (χ2n) is 5.76. The number of hydrogen-bond donors (Lipinski definition) is 2. The topological polar surface area (TPSA) is 62.1 Å². The van der Waals surface area contributed by atoms with Gasteiger partial charge in [0.05, 0.1) is 0 Å². The number of para-hydroxylation sites is 1. The summed E-state index contributed by atoms with van der Waals surface area (Å²) < 4.78 is 0. The average molecular weight is 271 g/mol. The van der Waals surface area contributed by atoms with Crippen molar-refractivity contribution in [3.8, 4) is 0 Å². The number of fused-ring (bicyclic) bond motifs is 1. The van der Waals surface area contributed by atoms with Crippen molar-refractivity contribution < 1.29 is 4.79 Å². The zero-order valence-electron chi connectivity index (χ0n) is 11.8. The number of carbonyl (C=O) groups excluding carboxylic acids is 1. The highest BCUT2D eigenvalue weighted by atomic mass is 16.2. The largest absolute Gasteiger partial charge is 0.351 e. The van der Waals surface area contributed by atoms with Crippen LogP contribution in [0.15, 0.2) is 30.3 Å². The molecule has 3 N–H and O–H groups in total. The minimum absolute atomic E-state index is 0.0897. The molecule has 2 unspecified atom stereocenters. The summed E-state index contributed by atoms with van der Waals surface area (Å²) in [6.07, 6.45) is 2.15. The van der Waals surface area contributed by atoms with Crippen molar-refractivity contribution in [1.29, 1.82) is 0 Å². The minimum atomic E-state index is 0.0897. The summed E-state index contributed by atoms with van der Waals surface area (Å²) in [5.41, 5.74) is 7.45. The summed E-state index contributed by atoms with van der Waals surface area (Å²) in [5, 5.41) is 1.08. The van der Waals surface area contributed by atoms with Gasteiger partial charge in [-0.2, -0.15) is 0 Å². The van der Waals surface area contributed by atoms with Crippen LogP contribution < -0.4 is 5.73 Å². The molecule has 1 aromatic carbocycles. The van der Waals surface area contributed by atoms with Crippen molar-refractivity contribution in [2.75, 3.05) is 13.1 Å². The third-order valence-electron chi connectivity index (χ3n) is 4.33. The molecule has 3 rings (SSSR count). The van der Waals surface area contributed by atoms with E-state index in [2.05, 4.69) is 11.9 Å². The number of nitrogens with zero attached hydrogens (tertiary/aromatic N) is 1.